The molecule has 1 atom stereocenters. The maximum absolute atomic E-state index is 12.8. The average molecular weight is 391 g/mol. The van der Waals surface area contributed by atoms with Gasteiger partial charge in [0.15, 0.2) is 6.10 Å². The summed E-state index contributed by atoms with van der Waals surface area (Å²) in [6, 6.07) is 0.121. The zero-order valence-corrected chi connectivity index (χ0v) is 16.6. The van der Waals surface area contributed by atoms with E-state index in [1.807, 2.05) is 34.4 Å². The highest BCUT2D eigenvalue weighted by Crippen LogP contribution is 2.40. The average Bonchev–Trinajstić information content (AvgIpc) is 3.18. The van der Waals surface area contributed by atoms with E-state index in [2.05, 4.69) is 10.3 Å². The van der Waals surface area contributed by atoms with Gasteiger partial charge in [-0.2, -0.15) is 0 Å². The Morgan fingerprint density at radius 2 is 1.86 bits per heavy atom. The highest BCUT2D eigenvalue weighted by molar-refractivity contribution is 5.81. The van der Waals surface area contributed by atoms with Crippen LogP contribution in [0.1, 0.15) is 32.5 Å². The van der Waals surface area contributed by atoms with Gasteiger partial charge >= 0.3 is 6.03 Å². The Morgan fingerprint density at radius 3 is 2.54 bits per heavy atom. The number of hydrogen-bond donors (Lipinski definition) is 1. The molecule has 3 aliphatic heterocycles. The van der Waals surface area contributed by atoms with Gasteiger partial charge in [-0.1, -0.05) is 0 Å². The van der Waals surface area contributed by atoms with Crippen molar-refractivity contribution in [3.63, 3.8) is 0 Å². The molecule has 1 aromatic heterocycles. The van der Waals surface area contributed by atoms with Gasteiger partial charge < -0.3 is 29.2 Å². The van der Waals surface area contributed by atoms with E-state index in [0.717, 1.165) is 5.82 Å². The van der Waals surface area contributed by atoms with Crippen LogP contribution in [0.3, 0.4) is 0 Å². The predicted octanol–water partition coefficient (Wildman–Crippen LogP) is 0.550. The molecule has 1 aromatic rings. The highest BCUT2D eigenvalue weighted by atomic mass is 16.5. The van der Waals surface area contributed by atoms with Gasteiger partial charge in [-0.25, -0.2) is 9.78 Å². The van der Waals surface area contributed by atoms with Gasteiger partial charge in [-0.05, 0) is 13.8 Å². The number of morpholine rings is 1. The molecular formula is C19H29N5O4. The van der Waals surface area contributed by atoms with Gasteiger partial charge in [0.05, 0.1) is 19.8 Å². The fraction of sp³-hybridized carbons (Fsp3) is 0.737. The summed E-state index contributed by atoms with van der Waals surface area (Å²) >= 11 is 0. The first kappa shape index (κ1) is 19.2. The third-order valence-electron chi connectivity index (χ3n) is 5.70. The Kier molecular flexibility index (Phi) is 5.29. The van der Waals surface area contributed by atoms with E-state index in [0.29, 0.717) is 58.8 Å². The number of ether oxygens (including phenoxy) is 2. The summed E-state index contributed by atoms with van der Waals surface area (Å²) in [5.41, 5.74) is -0.622. The topological polar surface area (TPSA) is 88.9 Å². The number of urea groups is 1. The number of rotatable bonds is 2. The number of amides is 3. The second kappa shape index (κ2) is 7.71. The molecule has 0 aliphatic carbocycles. The van der Waals surface area contributed by atoms with Crippen LogP contribution in [0, 0.1) is 0 Å². The van der Waals surface area contributed by atoms with E-state index >= 15 is 0 Å². The first-order valence-electron chi connectivity index (χ1n) is 10.1. The SMILES string of the molecule is CC(C)NC(=O)[C@@H]1Cn2ccnc2C2(CCN(C(=O)N3CCOCC3)CC2)O1. The van der Waals surface area contributed by atoms with Crippen molar-refractivity contribution in [2.45, 2.75) is 51.0 Å². The maximum Gasteiger partial charge on any atom is 0.320 e. The lowest BCUT2D eigenvalue weighted by Gasteiger charge is -2.46. The molecule has 0 bridgehead atoms. The van der Waals surface area contributed by atoms with E-state index in [9.17, 15) is 9.59 Å². The number of nitrogens with zero attached hydrogens (tertiary/aromatic N) is 4. The molecule has 9 heteroatoms. The number of carbonyl (C=O) groups excluding carboxylic acids is 2. The summed E-state index contributed by atoms with van der Waals surface area (Å²) in [7, 11) is 0. The quantitative estimate of drug-likeness (QED) is 0.795. The number of nitrogens with one attached hydrogen (secondary N) is 1. The standard InChI is InChI=1S/C19H29N5O4/c1-14(2)21-16(25)15-13-24-8-5-20-17(24)19(28-15)3-6-22(7-4-19)18(26)23-9-11-27-12-10-23/h5,8,14-15H,3-4,6-7,9-13H2,1-2H3,(H,21,25)/t15-/m0/s1. The lowest BCUT2D eigenvalue weighted by molar-refractivity contribution is -0.172. The van der Waals surface area contributed by atoms with Crippen LogP contribution in [-0.4, -0.2) is 82.8 Å². The molecule has 0 radical (unpaired) electrons. The van der Waals surface area contributed by atoms with Gasteiger partial charge in [0.1, 0.15) is 11.4 Å². The van der Waals surface area contributed by atoms with Crippen molar-refractivity contribution in [2.24, 2.45) is 0 Å². The van der Waals surface area contributed by atoms with Crippen LogP contribution in [0.25, 0.3) is 0 Å². The van der Waals surface area contributed by atoms with Crippen molar-refractivity contribution in [1.29, 1.82) is 0 Å². The van der Waals surface area contributed by atoms with Gasteiger partial charge in [0.2, 0.25) is 0 Å². The number of hydrogen-bond acceptors (Lipinski definition) is 5. The number of aromatic nitrogens is 2. The minimum atomic E-state index is -0.622. The Morgan fingerprint density at radius 1 is 1.18 bits per heavy atom. The smallest absolute Gasteiger partial charge is 0.320 e. The van der Waals surface area contributed by atoms with Gasteiger partial charge in [0.25, 0.3) is 5.91 Å². The van der Waals surface area contributed by atoms with E-state index in [1.54, 1.807) is 6.20 Å². The van der Waals surface area contributed by atoms with E-state index in [1.165, 1.54) is 0 Å². The van der Waals surface area contributed by atoms with Crippen molar-refractivity contribution in [3.05, 3.63) is 18.2 Å². The van der Waals surface area contributed by atoms with Crippen LogP contribution in [0.15, 0.2) is 12.4 Å². The lowest BCUT2D eigenvalue weighted by atomic mass is 9.88. The summed E-state index contributed by atoms with van der Waals surface area (Å²) in [5.74, 6) is 0.764. The zero-order chi connectivity index (χ0) is 19.7. The van der Waals surface area contributed by atoms with Crippen molar-refractivity contribution >= 4 is 11.9 Å². The first-order valence-corrected chi connectivity index (χ1v) is 10.1. The maximum atomic E-state index is 12.8. The predicted molar refractivity (Wildman–Crippen MR) is 101 cm³/mol. The molecule has 0 aromatic carbocycles. The molecule has 3 amide bonds. The summed E-state index contributed by atoms with van der Waals surface area (Å²) in [6.07, 6.45) is 4.37. The molecular weight excluding hydrogens is 362 g/mol. The molecule has 3 aliphatic rings. The molecule has 28 heavy (non-hydrogen) atoms. The number of imidazole rings is 1. The molecule has 1 N–H and O–H groups in total. The van der Waals surface area contributed by atoms with Crippen LogP contribution in [0.5, 0.6) is 0 Å². The minimum Gasteiger partial charge on any atom is -0.378 e. The van der Waals surface area contributed by atoms with Gasteiger partial charge in [0, 0.05) is 57.5 Å². The van der Waals surface area contributed by atoms with Crippen LogP contribution in [-0.2, 0) is 26.4 Å². The van der Waals surface area contributed by atoms with Crippen molar-refractivity contribution < 1.29 is 19.1 Å². The molecule has 154 valence electrons. The number of fused-ring (bicyclic) bond motifs is 2. The molecule has 0 saturated carbocycles. The summed E-state index contributed by atoms with van der Waals surface area (Å²) < 4.78 is 13.7. The Labute approximate surface area is 165 Å². The Balaban J connectivity index is 1.47. The van der Waals surface area contributed by atoms with Crippen LogP contribution in [0.4, 0.5) is 4.79 Å². The molecule has 9 nitrogen and oxygen atoms in total. The van der Waals surface area contributed by atoms with Crippen LogP contribution >= 0.6 is 0 Å². The molecule has 2 saturated heterocycles. The van der Waals surface area contributed by atoms with E-state index in [-0.39, 0.29) is 18.0 Å². The largest absolute Gasteiger partial charge is 0.378 e. The number of piperidine rings is 1. The van der Waals surface area contributed by atoms with Gasteiger partial charge in [-0.15, -0.1) is 0 Å². The molecule has 4 heterocycles. The van der Waals surface area contributed by atoms with Crippen LogP contribution in [0.2, 0.25) is 0 Å². The van der Waals surface area contributed by atoms with Crippen LogP contribution < -0.4 is 5.32 Å². The van der Waals surface area contributed by atoms with E-state index < -0.39 is 11.7 Å². The summed E-state index contributed by atoms with van der Waals surface area (Å²) in [4.78, 5) is 33.6. The number of likely N-dealkylation sites (tertiary alicyclic amines) is 1. The van der Waals surface area contributed by atoms with Crippen molar-refractivity contribution in [2.75, 3.05) is 39.4 Å². The monoisotopic (exact) mass is 391 g/mol. The second-order valence-corrected chi connectivity index (χ2v) is 8.04. The fourth-order valence-electron chi connectivity index (χ4n) is 4.27. The van der Waals surface area contributed by atoms with Gasteiger partial charge in [-0.3, -0.25) is 4.79 Å². The highest BCUT2D eigenvalue weighted by Gasteiger charge is 2.48. The number of carbonyl (C=O) groups is 2. The lowest BCUT2D eigenvalue weighted by Crippen LogP contribution is -2.57. The third kappa shape index (κ3) is 3.60. The van der Waals surface area contributed by atoms with Crippen molar-refractivity contribution in [1.82, 2.24) is 24.7 Å². The normalized spacial score (nSPS) is 24.3. The fourth-order valence-corrected chi connectivity index (χ4v) is 4.27. The molecule has 4 rings (SSSR count). The summed E-state index contributed by atoms with van der Waals surface area (Å²) in [6.45, 7) is 7.98. The van der Waals surface area contributed by atoms with E-state index in [4.69, 9.17) is 9.47 Å². The third-order valence-corrected chi connectivity index (χ3v) is 5.70. The Bertz CT molecular complexity index is 720. The molecule has 1 spiro atoms. The van der Waals surface area contributed by atoms with Crippen molar-refractivity contribution in [3.8, 4) is 0 Å². The summed E-state index contributed by atoms with van der Waals surface area (Å²) in [5, 5.41) is 2.95. The minimum absolute atomic E-state index is 0.0595. The zero-order valence-electron chi connectivity index (χ0n) is 16.6. The Hall–Kier alpha value is -2.13. The molecule has 2 fully saturated rings. The second-order valence-electron chi connectivity index (χ2n) is 8.04. The molecule has 0 unspecified atom stereocenters. The first-order chi connectivity index (χ1) is 13.5.